The van der Waals surface area contributed by atoms with E-state index in [0.717, 1.165) is 16.8 Å². The fourth-order valence-corrected chi connectivity index (χ4v) is 4.86. The number of aryl methyl sites for hydroxylation is 1. The Kier molecular flexibility index (Phi) is 6.11. The number of benzene rings is 2. The molecule has 3 rings (SSSR count). The summed E-state index contributed by atoms with van der Waals surface area (Å²) in [5.41, 5.74) is 3.32. The molecule has 0 bridgehead atoms. The molecule has 8 heteroatoms. The first kappa shape index (κ1) is 20.1. The van der Waals surface area contributed by atoms with E-state index in [1.165, 1.54) is 6.07 Å². The number of halogens is 2. The van der Waals surface area contributed by atoms with Crippen LogP contribution in [-0.2, 0) is 33.5 Å². The molecule has 0 fully saturated rings. The van der Waals surface area contributed by atoms with E-state index in [9.17, 15) is 13.2 Å². The van der Waals surface area contributed by atoms with Crippen LogP contribution in [0.1, 0.15) is 30.0 Å². The summed E-state index contributed by atoms with van der Waals surface area (Å²) >= 11 is 11.9. The first-order valence-corrected chi connectivity index (χ1v) is 11.0. The maximum absolute atomic E-state index is 12.4. The Morgan fingerprint density at radius 2 is 1.89 bits per heavy atom. The molecule has 0 saturated heterocycles. The molecule has 0 unspecified atom stereocenters. The summed E-state index contributed by atoms with van der Waals surface area (Å²) in [6.07, 6.45) is 1.15. The van der Waals surface area contributed by atoms with Crippen molar-refractivity contribution in [1.82, 2.24) is 4.72 Å². The van der Waals surface area contributed by atoms with Gasteiger partial charge in [0.05, 0.1) is 5.75 Å². The number of carbonyl (C=O) groups is 1. The van der Waals surface area contributed by atoms with Crippen molar-refractivity contribution in [3.05, 3.63) is 63.1 Å². The number of nitrogens with one attached hydrogen (secondary N) is 1. The lowest BCUT2D eigenvalue weighted by Crippen LogP contribution is -2.34. The number of carbonyl (C=O) groups excluding carboxylic acids is 1. The minimum absolute atomic E-state index is 0.123. The van der Waals surface area contributed by atoms with Gasteiger partial charge in [0.2, 0.25) is 15.9 Å². The third kappa shape index (κ3) is 4.82. The van der Waals surface area contributed by atoms with Gasteiger partial charge >= 0.3 is 0 Å². The van der Waals surface area contributed by atoms with E-state index in [4.69, 9.17) is 23.2 Å². The van der Waals surface area contributed by atoms with Crippen LogP contribution in [0.15, 0.2) is 36.4 Å². The van der Waals surface area contributed by atoms with Gasteiger partial charge in [0.25, 0.3) is 0 Å². The Bertz CT molecular complexity index is 977. The van der Waals surface area contributed by atoms with Crippen molar-refractivity contribution in [3.63, 3.8) is 0 Å². The van der Waals surface area contributed by atoms with E-state index < -0.39 is 10.0 Å². The van der Waals surface area contributed by atoms with Gasteiger partial charge in [-0.2, -0.15) is 0 Å². The molecule has 0 aromatic heterocycles. The molecular formula is C19H20Cl2N2O3S. The summed E-state index contributed by atoms with van der Waals surface area (Å²) in [6.45, 7) is 2.75. The van der Waals surface area contributed by atoms with Crippen molar-refractivity contribution in [2.75, 3.05) is 11.4 Å². The van der Waals surface area contributed by atoms with Crippen LogP contribution in [0.3, 0.4) is 0 Å². The van der Waals surface area contributed by atoms with Crippen molar-refractivity contribution in [1.29, 1.82) is 0 Å². The minimum Gasteiger partial charge on any atom is -0.312 e. The molecule has 0 saturated carbocycles. The first-order chi connectivity index (χ1) is 12.8. The summed E-state index contributed by atoms with van der Waals surface area (Å²) in [5, 5.41) is 0.786. The fourth-order valence-electron chi connectivity index (χ4n) is 3.16. The van der Waals surface area contributed by atoms with Crippen LogP contribution in [-0.4, -0.2) is 20.9 Å². The third-order valence-electron chi connectivity index (χ3n) is 4.52. The van der Waals surface area contributed by atoms with Crippen LogP contribution in [0.2, 0.25) is 10.0 Å². The highest BCUT2D eigenvalue weighted by Gasteiger charge is 2.23. The Morgan fingerprint density at radius 3 is 2.59 bits per heavy atom. The highest BCUT2D eigenvalue weighted by Crippen LogP contribution is 2.28. The van der Waals surface area contributed by atoms with Crippen molar-refractivity contribution in [2.45, 2.75) is 32.1 Å². The molecule has 1 aliphatic rings. The second-order valence-corrected chi connectivity index (χ2v) is 9.07. The predicted molar refractivity (Wildman–Crippen MR) is 109 cm³/mol. The van der Waals surface area contributed by atoms with Crippen LogP contribution >= 0.6 is 23.2 Å². The van der Waals surface area contributed by atoms with Crippen LogP contribution in [0.25, 0.3) is 0 Å². The number of hydrogen-bond donors (Lipinski definition) is 1. The predicted octanol–water partition coefficient (Wildman–Crippen LogP) is 3.91. The second kappa shape index (κ2) is 8.19. The van der Waals surface area contributed by atoms with Crippen LogP contribution in [0.5, 0.6) is 0 Å². The molecule has 0 spiro atoms. The molecule has 144 valence electrons. The van der Waals surface area contributed by atoms with Gasteiger partial charge in [-0.15, -0.1) is 0 Å². The largest absolute Gasteiger partial charge is 0.312 e. The summed E-state index contributed by atoms with van der Waals surface area (Å²) in [6, 6.07) is 10.4. The molecule has 27 heavy (non-hydrogen) atoms. The third-order valence-corrected chi connectivity index (χ3v) is 6.38. The SMILES string of the molecule is CCN1C(=O)CCc2cc(CNS(=O)(=O)Cc3ccc(Cl)cc3Cl)ccc21. The Balaban J connectivity index is 1.70. The van der Waals surface area contributed by atoms with E-state index in [0.29, 0.717) is 35.0 Å². The smallest absolute Gasteiger partial charge is 0.227 e. The maximum Gasteiger partial charge on any atom is 0.227 e. The van der Waals surface area contributed by atoms with Gasteiger partial charge in [0.15, 0.2) is 0 Å². The lowest BCUT2D eigenvalue weighted by atomic mass is 9.99. The average molecular weight is 427 g/mol. The van der Waals surface area contributed by atoms with Crippen LogP contribution in [0, 0.1) is 0 Å². The zero-order valence-corrected chi connectivity index (χ0v) is 17.2. The molecular weight excluding hydrogens is 407 g/mol. The van der Waals surface area contributed by atoms with Crippen molar-refractivity contribution in [2.24, 2.45) is 0 Å². The van der Waals surface area contributed by atoms with Crippen LogP contribution in [0.4, 0.5) is 5.69 Å². The monoisotopic (exact) mass is 426 g/mol. The quantitative estimate of drug-likeness (QED) is 0.760. The fraction of sp³-hybridized carbons (Fsp3) is 0.316. The normalized spacial score (nSPS) is 14.3. The van der Waals surface area contributed by atoms with Crippen LogP contribution < -0.4 is 9.62 Å². The van der Waals surface area contributed by atoms with E-state index in [-0.39, 0.29) is 18.2 Å². The number of sulfonamides is 1. The van der Waals surface area contributed by atoms with Crippen molar-refractivity contribution in [3.8, 4) is 0 Å². The molecule has 2 aromatic rings. The Labute approximate surface area is 169 Å². The first-order valence-electron chi connectivity index (χ1n) is 8.62. The van der Waals surface area contributed by atoms with E-state index >= 15 is 0 Å². The molecule has 1 N–H and O–H groups in total. The standard InChI is InChI=1S/C19H20Cl2N2O3S/c1-2-23-18-7-3-13(9-14(18)5-8-19(23)24)11-22-27(25,26)12-15-4-6-16(20)10-17(15)21/h3-4,6-7,9-10,22H,2,5,8,11-12H2,1H3. The number of fused-ring (bicyclic) bond motifs is 1. The van der Waals surface area contributed by atoms with E-state index in [1.54, 1.807) is 17.0 Å². The molecule has 5 nitrogen and oxygen atoms in total. The van der Waals surface area contributed by atoms with Crippen molar-refractivity contribution >= 4 is 44.8 Å². The molecule has 1 amide bonds. The molecule has 1 heterocycles. The van der Waals surface area contributed by atoms with E-state index in [2.05, 4.69) is 4.72 Å². The number of nitrogens with zero attached hydrogens (tertiary/aromatic N) is 1. The summed E-state index contributed by atoms with van der Waals surface area (Å²) in [7, 11) is -3.56. The lowest BCUT2D eigenvalue weighted by molar-refractivity contribution is -0.118. The van der Waals surface area contributed by atoms with Crippen molar-refractivity contribution < 1.29 is 13.2 Å². The van der Waals surface area contributed by atoms with Gasteiger partial charge in [-0.3, -0.25) is 4.79 Å². The van der Waals surface area contributed by atoms with E-state index in [1.807, 2.05) is 25.1 Å². The summed E-state index contributed by atoms with van der Waals surface area (Å²) < 4.78 is 27.4. The summed E-state index contributed by atoms with van der Waals surface area (Å²) in [5.74, 6) is -0.0928. The molecule has 0 radical (unpaired) electrons. The highest BCUT2D eigenvalue weighted by molar-refractivity contribution is 7.88. The zero-order valence-electron chi connectivity index (χ0n) is 14.8. The number of hydrogen-bond acceptors (Lipinski definition) is 3. The molecule has 0 aliphatic carbocycles. The van der Waals surface area contributed by atoms with Gasteiger partial charge in [-0.05, 0) is 48.2 Å². The average Bonchev–Trinajstić information content (AvgIpc) is 2.62. The number of amides is 1. The molecule has 1 aliphatic heterocycles. The highest BCUT2D eigenvalue weighted by atomic mass is 35.5. The number of anilines is 1. The van der Waals surface area contributed by atoms with Gasteiger partial charge in [0.1, 0.15) is 0 Å². The Hall–Kier alpha value is -1.60. The topological polar surface area (TPSA) is 66.5 Å². The van der Waals surface area contributed by atoms with Gasteiger partial charge in [-0.25, -0.2) is 13.1 Å². The lowest BCUT2D eigenvalue weighted by Gasteiger charge is -2.28. The molecule has 0 atom stereocenters. The molecule has 2 aromatic carbocycles. The Morgan fingerprint density at radius 1 is 1.11 bits per heavy atom. The summed E-state index contributed by atoms with van der Waals surface area (Å²) in [4.78, 5) is 13.7. The second-order valence-electron chi connectivity index (χ2n) is 6.42. The van der Waals surface area contributed by atoms with Gasteiger partial charge in [-0.1, -0.05) is 41.4 Å². The minimum atomic E-state index is -3.56. The zero-order chi connectivity index (χ0) is 19.6. The number of rotatable bonds is 6. The maximum atomic E-state index is 12.4. The van der Waals surface area contributed by atoms with Gasteiger partial charge < -0.3 is 4.90 Å². The van der Waals surface area contributed by atoms with Gasteiger partial charge in [0, 0.05) is 35.2 Å².